The number of amides is 1. The Hall–Kier alpha value is -1.59. The number of halogens is 1. The van der Waals surface area contributed by atoms with Gasteiger partial charge in [-0.15, -0.1) is 24.0 Å². The molecule has 0 aromatic heterocycles. The minimum absolute atomic E-state index is 0. The zero-order valence-electron chi connectivity index (χ0n) is 19.1. The molecule has 0 spiro atoms. The second-order valence-corrected chi connectivity index (χ2v) is 7.80. The zero-order valence-corrected chi connectivity index (χ0v) is 21.4. The molecular formula is C21H38IN5O3. The van der Waals surface area contributed by atoms with Crippen LogP contribution in [-0.4, -0.2) is 76.5 Å². The third-order valence-electron chi connectivity index (χ3n) is 3.99. The number of rotatable bonds is 10. The molecule has 172 valence electrons. The SMILES string of the molecule is CN=C(NCCc1ccc(NC(=O)OC(C)(C)C)cc1)NCCN(C)CCOC.I. The number of carbonyl (C=O) groups is 1. The molecule has 1 rings (SSSR count). The lowest BCUT2D eigenvalue weighted by Gasteiger charge is -2.19. The Bertz CT molecular complexity index is 633. The van der Waals surface area contributed by atoms with Gasteiger partial charge in [0, 0.05) is 46.0 Å². The molecule has 30 heavy (non-hydrogen) atoms. The number of nitrogens with one attached hydrogen (secondary N) is 3. The number of benzene rings is 1. The van der Waals surface area contributed by atoms with Crippen LogP contribution in [0.5, 0.6) is 0 Å². The highest BCUT2D eigenvalue weighted by Crippen LogP contribution is 2.13. The van der Waals surface area contributed by atoms with Crippen LogP contribution in [-0.2, 0) is 15.9 Å². The summed E-state index contributed by atoms with van der Waals surface area (Å²) in [7, 11) is 5.54. The molecule has 0 aliphatic rings. The number of guanidine groups is 1. The monoisotopic (exact) mass is 535 g/mol. The van der Waals surface area contributed by atoms with Crippen LogP contribution in [0, 0.1) is 0 Å². The largest absolute Gasteiger partial charge is 0.444 e. The fraction of sp³-hybridized carbons (Fsp3) is 0.619. The van der Waals surface area contributed by atoms with Crippen LogP contribution in [0.1, 0.15) is 26.3 Å². The van der Waals surface area contributed by atoms with Crippen molar-refractivity contribution < 1.29 is 14.3 Å². The third kappa shape index (κ3) is 13.6. The number of carbonyl (C=O) groups excluding carboxylic acids is 1. The number of hydrogen-bond acceptors (Lipinski definition) is 5. The summed E-state index contributed by atoms with van der Waals surface area (Å²) in [5.74, 6) is 0.786. The zero-order chi connectivity index (χ0) is 21.7. The maximum atomic E-state index is 11.8. The highest BCUT2D eigenvalue weighted by atomic mass is 127. The number of nitrogens with zero attached hydrogens (tertiary/aromatic N) is 2. The number of hydrogen-bond donors (Lipinski definition) is 3. The van der Waals surface area contributed by atoms with Crippen molar-refractivity contribution in [3.63, 3.8) is 0 Å². The first kappa shape index (κ1) is 28.4. The maximum absolute atomic E-state index is 11.8. The molecule has 0 aliphatic heterocycles. The van der Waals surface area contributed by atoms with Crippen molar-refractivity contribution in [2.24, 2.45) is 4.99 Å². The normalized spacial score (nSPS) is 11.6. The van der Waals surface area contributed by atoms with Crippen molar-refractivity contribution >= 4 is 41.7 Å². The average Bonchev–Trinajstić information content (AvgIpc) is 2.65. The standard InChI is InChI=1S/C21H37N5O3.HI/c1-21(2,3)29-20(27)25-18-9-7-17(8-10-18)11-12-23-19(22-4)24-13-14-26(5)15-16-28-6;/h7-10H,11-16H2,1-6H3,(H,25,27)(H2,22,23,24);1H. The van der Waals surface area contributed by atoms with Gasteiger partial charge in [-0.3, -0.25) is 10.3 Å². The number of ether oxygens (including phenoxy) is 2. The summed E-state index contributed by atoms with van der Waals surface area (Å²) in [6, 6.07) is 7.75. The molecule has 8 nitrogen and oxygen atoms in total. The second kappa shape index (κ2) is 15.2. The van der Waals surface area contributed by atoms with Crippen molar-refractivity contribution in [2.75, 3.05) is 59.3 Å². The van der Waals surface area contributed by atoms with Gasteiger partial charge in [-0.1, -0.05) is 12.1 Å². The van der Waals surface area contributed by atoms with Gasteiger partial charge >= 0.3 is 6.09 Å². The molecule has 9 heteroatoms. The Balaban J connectivity index is 0.00000841. The van der Waals surface area contributed by atoms with E-state index in [1.165, 1.54) is 5.56 Å². The Morgan fingerprint density at radius 2 is 1.73 bits per heavy atom. The summed E-state index contributed by atoms with van der Waals surface area (Å²) >= 11 is 0. The number of likely N-dealkylation sites (N-methyl/N-ethyl adjacent to an activating group) is 1. The Labute approximate surface area is 198 Å². The van der Waals surface area contributed by atoms with E-state index >= 15 is 0 Å². The molecule has 0 fully saturated rings. The van der Waals surface area contributed by atoms with E-state index in [2.05, 4.69) is 32.9 Å². The van der Waals surface area contributed by atoms with E-state index in [0.717, 1.165) is 45.2 Å². The molecule has 0 atom stereocenters. The highest BCUT2D eigenvalue weighted by Gasteiger charge is 2.16. The van der Waals surface area contributed by atoms with Gasteiger partial charge in [0.2, 0.25) is 0 Å². The highest BCUT2D eigenvalue weighted by molar-refractivity contribution is 14.0. The first-order valence-corrected chi connectivity index (χ1v) is 9.94. The summed E-state index contributed by atoms with van der Waals surface area (Å²) in [4.78, 5) is 18.2. The molecule has 1 aromatic carbocycles. The van der Waals surface area contributed by atoms with Crippen LogP contribution < -0.4 is 16.0 Å². The molecular weight excluding hydrogens is 497 g/mol. The summed E-state index contributed by atoms with van der Waals surface area (Å²) in [6.45, 7) is 9.64. The van der Waals surface area contributed by atoms with Crippen molar-refractivity contribution in [2.45, 2.75) is 32.8 Å². The molecule has 0 heterocycles. The van der Waals surface area contributed by atoms with Crippen molar-refractivity contribution in [3.8, 4) is 0 Å². The fourth-order valence-corrected chi connectivity index (χ4v) is 2.45. The van der Waals surface area contributed by atoms with Crippen LogP contribution in [0.2, 0.25) is 0 Å². The van der Waals surface area contributed by atoms with Crippen LogP contribution in [0.25, 0.3) is 0 Å². The molecule has 0 aliphatic carbocycles. The quantitative estimate of drug-likeness (QED) is 0.243. The molecule has 0 radical (unpaired) electrons. The van der Waals surface area contributed by atoms with Crippen molar-refractivity contribution in [1.29, 1.82) is 0 Å². The van der Waals surface area contributed by atoms with E-state index < -0.39 is 11.7 Å². The Morgan fingerprint density at radius 1 is 1.10 bits per heavy atom. The topological polar surface area (TPSA) is 87.2 Å². The van der Waals surface area contributed by atoms with Crippen LogP contribution in [0.15, 0.2) is 29.3 Å². The van der Waals surface area contributed by atoms with Gasteiger partial charge in [0.25, 0.3) is 0 Å². The third-order valence-corrected chi connectivity index (χ3v) is 3.99. The number of methoxy groups -OCH3 is 1. The predicted octanol–water partition coefficient (Wildman–Crippen LogP) is 2.94. The van der Waals surface area contributed by atoms with Gasteiger partial charge in [0.15, 0.2) is 5.96 Å². The predicted molar refractivity (Wildman–Crippen MR) is 134 cm³/mol. The van der Waals surface area contributed by atoms with E-state index in [4.69, 9.17) is 9.47 Å². The van der Waals surface area contributed by atoms with Crippen molar-refractivity contribution in [1.82, 2.24) is 15.5 Å². The summed E-state index contributed by atoms with van der Waals surface area (Å²) in [6.07, 6.45) is 0.399. The van der Waals surface area contributed by atoms with Gasteiger partial charge in [0.05, 0.1) is 6.61 Å². The fourth-order valence-electron chi connectivity index (χ4n) is 2.45. The molecule has 0 saturated heterocycles. The molecule has 0 bridgehead atoms. The molecule has 3 N–H and O–H groups in total. The Morgan fingerprint density at radius 3 is 2.30 bits per heavy atom. The second-order valence-electron chi connectivity index (χ2n) is 7.80. The Kier molecular flexibility index (Phi) is 14.4. The van der Waals surface area contributed by atoms with Crippen molar-refractivity contribution in [3.05, 3.63) is 29.8 Å². The van der Waals surface area contributed by atoms with E-state index in [0.29, 0.717) is 5.69 Å². The van der Waals surface area contributed by atoms with Gasteiger partial charge in [-0.2, -0.15) is 0 Å². The summed E-state index contributed by atoms with van der Waals surface area (Å²) in [5, 5.41) is 9.36. The minimum atomic E-state index is -0.512. The van der Waals surface area contributed by atoms with Gasteiger partial charge in [-0.25, -0.2) is 4.79 Å². The van der Waals surface area contributed by atoms with E-state index in [1.807, 2.05) is 45.0 Å². The van der Waals surface area contributed by atoms with Crippen LogP contribution in [0.3, 0.4) is 0 Å². The molecule has 1 amide bonds. The maximum Gasteiger partial charge on any atom is 0.412 e. The lowest BCUT2D eigenvalue weighted by Crippen LogP contribution is -2.42. The lowest BCUT2D eigenvalue weighted by molar-refractivity contribution is 0.0636. The number of anilines is 1. The summed E-state index contributed by atoms with van der Waals surface area (Å²) in [5.41, 5.74) is 1.37. The van der Waals surface area contributed by atoms with Gasteiger partial charge in [-0.05, 0) is 51.9 Å². The smallest absolute Gasteiger partial charge is 0.412 e. The summed E-state index contributed by atoms with van der Waals surface area (Å²) < 4.78 is 10.3. The molecule has 0 unspecified atom stereocenters. The van der Waals surface area contributed by atoms with Gasteiger partial charge in [0.1, 0.15) is 5.60 Å². The van der Waals surface area contributed by atoms with E-state index in [1.54, 1.807) is 14.2 Å². The molecule has 0 saturated carbocycles. The average molecular weight is 535 g/mol. The van der Waals surface area contributed by atoms with Crippen LogP contribution >= 0.6 is 24.0 Å². The lowest BCUT2D eigenvalue weighted by atomic mass is 10.1. The first-order chi connectivity index (χ1) is 13.7. The van der Waals surface area contributed by atoms with E-state index in [9.17, 15) is 4.79 Å². The van der Waals surface area contributed by atoms with Gasteiger partial charge < -0.3 is 25.0 Å². The van der Waals surface area contributed by atoms with Crippen LogP contribution in [0.4, 0.5) is 10.5 Å². The number of aliphatic imine (C=N–C) groups is 1. The minimum Gasteiger partial charge on any atom is -0.444 e. The van der Waals surface area contributed by atoms with E-state index in [-0.39, 0.29) is 24.0 Å². The first-order valence-electron chi connectivity index (χ1n) is 9.94. The molecule has 1 aromatic rings.